The molecule has 2 heterocycles. The normalized spacial score (nSPS) is 19.8. The number of esters is 2. The lowest BCUT2D eigenvalue weighted by molar-refractivity contribution is -0.109. The maximum Gasteiger partial charge on any atom is 0.338 e. The van der Waals surface area contributed by atoms with Gasteiger partial charge in [0.1, 0.15) is 5.76 Å². The van der Waals surface area contributed by atoms with E-state index in [-0.39, 0.29) is 22.7 Å². The summed E-state index contributed by atoms with van der Waals surface area (Å²) in [6.07, 6.45) is 0. The number of carbonyl (C=O) groups excluding carboxylic acids is 3. The zero-order valence-electron chi connectivity index (χ0n) is 34.3. The molecule has 5 aliphatic rings. The highest BCUT2D eigenvalue weighted by Gasteiger charge is 2.51. The van der Waals surface area contributed by atoms with Crippen molar-refractivity contribution in [3.05, 3.63) is 201 Å². The Labute approximate surface area is 364 Å². The molecule has 13 rings (SSSR count). The number of hydrogen-bond donors (Lipinski definition) is 4. The van der Waals surface area contributed by atoms with Crippen LogP contribution in [0.5, 0.6) is 0 Å². The van der Waals surface area contributed by atoms with Crippen molar-refractivity contribution in [1.82, 2.24) is 0 Å². The number of benzene rings is 8. The van der Waals surface area contributed by atoms with Crippen molar-refractivity contribution in [3.8, 4) is 22.3 Å². The van der Waals surface area contributed by atoms with Crippen LogP contribution in [0.25, 0.3) is 54.9 Å². The van der Waals surface area contributed by atoms with E-state index >= 15 is 4.79 Å². The van der Waals surface area contributed by atoms with Crippen LogP contribution in [0.15, 0.2) is 156 Å². The Kier molecular flexibility index (Phi) is 7.09. The molecule has 2 unspecified atom stereocenters. The lowest BCUT2D eigenvalue weighted by atomic mass is 9.79. The smallest absolute Gasteiger partial charge is 0.338 e. The van der Waals surface area contributed by atoms with Gasteiger partial charge in [-0.2, -0.15) is 0 Å². The second-order valence-electron chi connectivity index (χ2n) is 16.7. The van der Waals surface area contributed by atoms with Gasteiger partial charge < -0.3 is 30.5 Å². The SMILES string of the molecule is COC(=O)c1cccc2c1C1(N=c3c(=C4C(=O)C(c5ccc6cccc7c6c5NC5(N7)c6ccccc6-c6cccc(C(=O)OC)c65)=C4O)ccc4cccc(c34)N1)c1ccccc1-2. The summed E-state index contributed by atoms with van der Waals surface area (Å²) in [5.41, 5.74) is 8.00. The van der Waals surface area contributed by atoms with Crippen LogP contribution in [0.3, 0.4) is 0 Å². The number of rotatable bonds is 3. The second-order valence-corrected chi connectivity index (χ2v) is 16.7. The van der Waals surface area contributed by atoms with Crippen LogP contribution in [0.2, 0.25) is 0 Å². The number of nitrogens with one attached hydrogen (secondary N) is 3. The monoisotopic (exact) mass is 834 g/mol. The lowest BCUT2D eigenvalue weighted by Crippen LogP contribution is -2.46. The third-order valence-electron chi connectivity index (χ3n) is 13.7. The number of Topliss-reactive ketones (excluding diaryl/α,β-unsaturated/α-hetero) is 1. The van der Waals surface area contributed by atoms with Crippen molar-refractivity contribution in [2.75, 3.05) is 30.2 Å². The fourth-order valence-electron chi connectivity index (χ4n) is 11.1. The van der Waals surface area contributed by atoms with Gasteiger partial charge in [0, 0.05) is 55.2 Å². The topological polar surface area (TPSA) is 138 Å². The van der Waals surface area contributed by atoms with Crippen molar-refractivity contribution in [3.63, 3.8) is 0 Å². The number of carbonyl (C=O) groups is 3. The summed E-state index contributed by atoms with van der Waals surface area (Å²) in [6, 6.07) is 46.6. The van der Waals surface area contributed by atoms with Crippen LogP contribution in [0, 0.1) is 0 Å². The Morgan fingerprint density at radius 1 is 0.547 bits per heavy atom. The molecule has 10 nitrogen and oxygen atoms in total. The van der Waals surface area contributed by atoms with Crippen molar-refractivity contribution in [1.29, 1.82) is 0 Å². The van der Waals surface area contributed by atoms with Gasteiger partial charge >= 0.3 is 11.9 Å². The third-order valence-corrected chi connectivity index (χ3v) is 13.7. The van der Waals surface area contributed by atoms with Gasteiger partial charge in [-0.1, -0.05) is 121 Å². The first-order valence-corrected chi connectivity index (χ1v) is 21.0. The maximum absolute atomic E-state index is 15.1. The summed E-state index contributed by atoms with van der Waals surface area (Å²) in [5.74, 6) is -1.48. The van der Waals surface area contributed by atoms with Crippen molar-refractivity contribution in [2.45, 2.75) is 11.3 Å². The molecule has 0 saturated carbocycles. The van der Waals surface area contributed by atoms with Crippen LogP contribution in [0.1, 0.15) is 48.5 Å². The van der Waals surface area contributed by atoms with Gasteiger partial charge in [0.05, 0.1) is 47.5 Å². The summed E-state index contributed by atoms with van der Waals surface area (Å²) in [4.78, 5) is 47.6. The molecule has 0 saturated heterocycles. The van der Waals surface area contributed by atoms with Gasteiger partial charge in [0.25, 0.3) is 0 Å². The molecule has 0 amide bonds. The van der Waals surface area contributed by atoms with E-state index in [4.69, 9.17) is 14.5 Å². The number of aliphatic hydroxyl groups is 1. The minimum atomic E-state index is -1.27. The number of ketones is 1. The number of methoxy groups -OCH3 is 2. The largest absolute Gasteiger partial charge is 0.506 e. The zero-order valence-corrected chi connectivity index (χ0v) is 34.3. The van der Waals surface area contributed by atoms with Gasteiger partial charge in [-0.25, -0.2) is 14.6 Å². The molecule has 0 aromatic heterocycles. The Morgan fingerprint density at radius 2 is 1.12 bits per heavy atom. The minimum Gasteiger partial charge on any atom is -0.506 e. The molecule has 0 fully saturated rings. The number of nitrogens with zero attached hydrogens (tertiary/aromatic N) is 1. The Hall–Kier alpha value is -8.50. The van der Waals surface area contributed by atoms with E-state index in [2.05, 4.69) is 16.0 Å². The molecule has 306 valence electrons. The first kappa shape index (κ1) is 36.2. The number of anilines is 3. The van der Waals surface area contributed by atoms with E-state index in [1.165, 1.54) is 14.2 Å². The average molecular weight is 835 g/mol. The van der Waals surface area contributed by atoms with Crippen molar-refractivity contribution in [2.24, 2.45) is 4.99 Å². The highest BCUT2D eigenvalue weighted by molar-refractivity contribution is 6.52. The number of ether oxygens (including phenoxy) is 2. The highest BCUT2D eigenvalue weighted by atomic mass is 16.5. The first-order valence-electron chi connectivity index (χ1n) is 21.0. The van der Waals surface area contributed by atoms with Gasteiger partial charge in [-0.3, -0.25) is 4.79 Å². The molecule has 64 heavy (non-hydrogen) atoms. The van der Waals surface area contributed by atoms with Crippen molar-refractivity contribution < 1.29 is 29.0 Å². The summed E-state index contributed by atoms with van der Waals surface area (Å²) < 4.78 is 10.6. The van der Waals surface area contributed by atoms with E-state index in [1.807, 2.05) is 133 Å². The molecule has 4 N–H and O–H groups in total. The molecule has 0 radical (unpaired) electrons. The van der Waals surface area contributed by atoms with Gasteiger partial charge in [-0.15, -0.1) is 0 Å². The summed E-state index contributed by atoms with van der Waals surface area (Å²) in [7, 11) is 2.74. The summed E-state index contributed by atoms with van der Waals surface area (Å²) >= 11 is 0. The molecule has 2 spiro atoms. The van der Waals surface area contributed by atoms with Crippen molar-refractivity contribution >= 4 is 67.5 Å². The van der Waals surface area contributed by atoms with Crippen LogP contribution >= 0.6 is 0 Å². The molecule has 8 aromatic carbocycles. The van der Waals surface area contributed by atoms with E-state index in [9.17, 15) is 14.7 Å². The predicted octanol–water partition coefficient (Wildman–Crippen LogP) is 8.91. The van der Waals surface area contributed by atoms with Crippen LogP contribution in [0.4, 0.5) is 17.1 Å². The average Bonchev–Trinajstić information content (AvgIpc) is 3.75. The molecule has 2 atom stereocenters. The Balaban J connectivity index is 1.06. The molecule has 3 aliphatic carbocycles. The van der Waals surface area contributed by atoms with E-state index in [0.717, 1.165) is 66.3 Å². The van der Waals surface area contributed by atoms with Gasteiger partial charge in [0.2, 0.25) is 5.78 Å². The standard InChI is InChI=1S/C54H34N4O6/c1-63-51(61)35-17-9-15-31-29-13-3-5-19-37(29)53(45(31)35)55-39-21-7-11-27-23-25-33(47(57-53)41(27)39)43-49(59)44(50(43)60)34-26-24-28-12-8-22-40-42(28)48(34)58-54(56-40)38-20-6-4-14-30(38)32-16-10-18-36(46(32)54)52(62)64-2/h3-26,55-57,59H,1-2H3. The van der Waals surface area contributed by atoms with E-state index in [0.29, 0.717) is 44.1 Å². The molecular formula is C54H34N4O6. The van der Waals surface area contributed by atoms with E-state index in [1.54, 1.807) is 12.1 Å². The maximum atomic E-state index is 15.1. The molecule has 10 heteroatoms. The lowest BCUT2D eigenvalue weighted by Gasteiger charge is -2.42. The highest BCUT2D eigenvalue weighted by Crippen LogP contribution is 2.57. The number of aliphatic hydroxyl groups excluding tert-OH is 1. The van der Waals surface area contributed by atoms with Crippen LogP contribution < -0.4 is 26.5 Å². The predicted molar refractivity (Wildman–Crippen MR) is 246 cm³/mol. The number of hydrogen-bond acceptors (Lipinski definition) is 10. The van der Waals surface area contributed by atoms with Gasteiger partial charge in [-0.05, 0) is 57.3 Å². The molecule has 0 bridgehead atoms. The second kappa shape index (κ2) is 12.5. The summed E-state index contributed by atoms with van der Waals surface area (Å²) in [5, 5.41) is 28.2. The number of fused-ring (bicyclic) bond motifs is 10. The molecule has 8 aromatic rings. The number of allylic oxidation sites excluding steroid dienone is 2. The Morgan fingerprint density at radius 3 is 1.83 bits per heavy atom. The third kappa shape index (κ3) is 4.38. The van der Waals surface area contributed by atoms with Crippen LogP contribution in [-0.4, -0.2) is 37.0 Å². The first-order chi connectivity index (χ1) is 31.3. The fraction of sp³-hybridized carbons (Fsp3) is 0.0741. The fourth-order valence-corrected chi connectivity index (χ4v) is 11.1. The van der Waals surface area contributed by atoms with Gasteiger partial charge in [0.15, 0.2) is 11.3 Å². The quantitative estimate of drug-likeness (QED) is 0.129. The Bertz CT molecular complexity index is 3720. The zero-order chi connectivity index (χ0) is 43.2. The minimum absolute atomic E-state index is 0.143. The molecule has 2 aliphatic heterocycles. The summed E-state index contributed by atoms with van der Waals surface area (Å²) in [6.45, 7) is 0. The molecular weight excluding hydrogens is 801 g/mol. The van der Waals surface area contributed by atoms with E-state index < -0.39 is 23.3 Å². The van der Waals surface area contributed by atoms with Crippen LogP contribution in [-0.2, 0) is 25.6 Å².